The van der Waals surface area contributed by atoms with Crippen LogP contribution in [0.1, 0.15) is 10.4 Å². The fraction of sp³-hybridized carbons (Fsp3) is 0. The van der Waals surface area contributed by atoms with Gasteiger partial charge in [-0.05, 0) is 36.4 Å². The van der Waals surface area contributed by atoms with Gasteiger partial charge >= 0.3 is 5.97 Å². The Morgan fingerprint density at radius 2 is 1.83 bits per heavy atom. The van der Waals surface area contributed by atoms with E-state index in [1.807, 2.05) is 24.3 Å². The molecule has 0 atom stereocenters. The van der Waals surface area contributed by atoms with E-state index < -0.39 is 5.97 Å². The van der Waals surface area contributed by atoms with E-state index in [2.05, 4.69) is 15.9 Å². The van der Waals surface area contributed by atoms with E-state index in [1.54, 1.807) is 18.2 Å². The first kappa shape index (κ1) is 13.5. The second-order valence-electron chi connectivity index (χ2n) is 3.47. The van der Waals surface area contributed by atoms with E-state index in [1.165, 1.54) is 11.8 Å². The van der Waals surface area contributed by atoms with Crippen LogP contribution in [0.25, 0.3) is 0 Å². The zero-order chi connectivity index (χ0) is 13.1. The molecular weight excluding hydrogens is 336 g/mol. The number of aromatic carboxylic acids is 1. The molecule has 0 aliphatic carbocycles. The van der Waals surface area contributed by atoms with Gasteiger partial charge in [-0.25, -0.2) is 4.79 Å². The molecule has 0 fully saturated rings. The third-order valence-electron chi connectivity index (χ3n) is 2.23. The maximum Gasteiger partial charge on any atom is 0.338 e. The minimum Gasteiger partial charge on any atom is -0.478 e. The Balaban J connectivity index is 2.37. The molecular formula is C13H8BrClO2S. The molecule has 5 heteroatoms. The molecule has 0 unspecified atom stereocenters. The first-order valence-electron chi connectivity index (χ1n) is 5.03. The average Bonchev–Trinajstić information content (AvgIpc) is 2.32. The molecule has 0 radical (unpaired) electrons. The van der Waals surface area contributed by atoms with Crippen LogP contribution in [0.2, 0.25) is 5.02 Å². The van der Waals surface area contributed by atoms with Crippen LogP contribution in [-0.4, -0.2) is 11.1 Å². The van der Waals surface area contributed by atoms with Crippen LogP contribution in [0, 0.1) is 0 Å². The van der Waals surface area contributed by atoms with Crippen molar-refractivity contribution in [3.8, 4) is 0 Å². The number of carbonyl (C=O) groups is 1. The Hall–Kier alpha value is -0.970. The zero-order valence-electron chi connectivity index (χ0n) is 9.06. The fourth-order valence-electron chi connectivity index (χ4n) is 1.43. The summed E-state index contributed by atoms with van der Waals surface area (Å²) in [7, 11) is 0. The van der Waals surface area contributed by atoms with Gasteiger partial charge in [-0.15, -0.1) is 0 Å². The molecule has 0 saturated heterocycles. The second-order valence-corrected chi connectivity index (χ2v) is 5.91. The molecule has 0 aromatic heterocycles. The summed E-state index contributed by atoms with van der Waals surface area (Å²) in [4.78, 5) is 12.8. The summed E-state index contributed by atoms with van der Waals surface area (Å²) in [5.41, 5.74) is 0.145. The van der Waals surface area contributed by atoms with Crippen molar-refractivity contribution in [1.82, 2.24) is 0 Å². The molecule has 2 aromatic rings. The molecule has 0 heterocycles. The van der Waals surface area contributed by atoms with Gasteiger partial charge in [0, 0.05) is 14.3 Å². The normalized spacial score (nSPS) is 10.3. The quantitative estimate of drug-likeness (QED) is 0.856. The van der Waals surface area contributed by atoms with Crippen LogP contribution in [0.15, 0.2) is 56.7 Å². The number of carboxylic acids is 1. The maximum absolute atomic E-state index is 11.2. The predicted octanol–water partition coefficient (Wildman–Crippen LogP) is 4.95. The minimum absolute atomic E-state index is 0.145. The van der Waals surface area contributed by atoms with Crippen molar-refractivity contribution in [2.45, 2.75) is 9.79 Å². The Kier molecular flexibility index (Phi) is 4.32. The van der Waals surface area contributed by atoms with E-state index in [-0.39, 0.29) is 10.6 Å². The van der Waals surface area contributed by atoms with E-state index in [9.17, 15) is 4.79 Å². The van der Waals surface area contributed by atoms with Crippen molar-refractivity contribution in [2.75, 3.05) is 0 Å². The molecule has 18 heavy (non-hydrogen) atoms. The lowest BCUT2D eigenvalue weighted by molar-refractivity contribution is 0.0693. The Bertz CT molecular complexity index is 584. The molecule has 0 aliphatic heterocycles. The molecule has 2 aromatic carbocycles. The summed E-state index contributed by atoms with van der Waals surface area (Å²) in [5, 5.41) is 9.42. The molecule has 92 valence electrons. The van der Waals surface area contributed by atoms with Crippen molar-refractivity contribution in [3.63, 3.8) is 0 Å². The number of hydrogen-bond donors (Lipinski definition) is 1. The van der Waals surface area contributed by atoms with Crippen molar-refractivity contribution in [1.29, 1.82) is 0 Å². The molecule has 1 N–H and O–H groups in total. The Labute approximate surface area is 122 Å². The SMILES string of the molecule is O=C(O)c1c(Cl)cccc1Sc1ccc(Br)cc1. The molecule has 2 rings (SSSR count). The van der Waals surface area contributed by atoms with Crippen molar-refractivity contribution in [3.05, 3.63) is 57.5 Å². The summed E-state index contributed by atoms with van der Waals surface area (Å²) in [5.74, 6) is -1.01. The monoisotopic (exact) mass is 342 g/mol. The lowest BCUT2D eigenvalue weighted by Crippen LogP contribution is -1.99. The van der Waals surface area contributed by atoms with E-state index in [0.29, 0.717) is 4.90 Å². The van der Waals surface area contributed by atoms with Crippen LogP contribution < -0.4 is 0 Å². The molecule has 2 nitrogen and oxygen atoms in total. The van der Waals surface area contributed by atoms with Crippen LogP contribution in [0.5, 0.6) is 0 Å². The predicted molar refractivity (Wildman–Crippen MR) is 76.7 cm³/mol. The summed E-state index contributed by atoms with van der Waals surface area (Å²) in [6.07, 6.45) is 0. The third kappa shape index (κ3) is 3.07. The first-order valence-corrected chi connectivity index (χ1v) is 7.02. The average molecular weight is 344 g/mol. The van der Waals surface area contributed by atoms with Crippen LogP contribution in [0.4, 0.5) is 0 Å². The summed E-state index contributed by atoms with van der Waals surface area (Å²) >= 11 is 10.6. The van der Waals surface area contributed by atoms with Gasteiger partial charge in [-0.1, -0.05) is 45.4 Å². The maximum atomic E-state index is 11.2. The number of rotatable bonds is 3. The van der Waals surface area contributed by atoms with Gasteiger partial charge in [0.05, 0.1) is 10.6 Å². The van der Waals surface area contributed by atoms with Gasteiger partial charge in [0.1, 0.15) is 0 Å². The van der Waals surface area contributed by atoms with E-state index in [0.717, 1.165) is 9.37 Å². The van der Waals surface area contributed by atoms with Gasteiger partial charge in [0.25, 0.3) is 0 Å². The standard InChI is InChI=1S/C13H8BrClO2S/c14-8-4-6-9(7-5-8)18-11-3-1-2-10(15)12(11)13(16)17/h1-7H,(H,16,17). The van der Waals surface area contributed by atoms with Crippen molar-refractivity contribution < 1.29 is 9.90 Å². The number of halogens is 2. The number of carboxylic acid groups (broad SMARTS) is 1. The van der Waals surface area contributed by atoms with Gasteiger partial charge in [0.2, 0.25) is 0 Å². The van der Waals surface area contributed by atoms with E-state index in [4.69, 9.17) is 16.7 Å². The van der Waals surface area contributed by atoms with Gasteiger partial charge < -0.3 is 5.11 Å². The summed E-state index contributed by atoms with van der Waals surface area (Å²) in [6, 6.07) is 12.7. The molecule has 0 aliphatic rings. The Morgan fingerprint density at radius 1 is 1.17 bits per heavy atom. The molecule has 0 bridgehead atoms. The molecule has 0 amide bonds. The minimum atomic E-state index is -1.01. The van der Waals surface area contributed by atoms with Gasteiger partial charge in [-0.2, -0.15) is 0 Å². The highest BCUT2D eigenvalue weighted by Gasteiger charge is 2.14. The molecule has 0 saturated carbocycles. The summed E-state index contributed by atoms with van der Waals surface area (Å²) in [6.45, 7) is 0. The highest BCUT2D eigenvalue weighted by atomic mass is 79.9. The molecule has 0 spiro atoms. The zero-order valence-corrected chi connectivity index (χ0v) is 12.2. The number of hydrogen-bond acceptors (Lipinski definition) is 2. The Morgan fingerprint density at radius 3 is 2.44 bits per heavy atom. The van der Waals surface area contributed by atoms with Gasteiger partial charge in [-0.3, -0.25) is 0 Å². The lowest BCUT2D eigenvalue weighted by Gasteiger charge is -2.07. The second kappa shape index (κ2) is 5.78. The largest absolute Gasteiger partial charge is 0.478 e. The highest BCUT2D eigenvalue weighted by molar-refractivity contribution is 9.10. The van der Waals surface area contributed by atoms with Gasteiger partial charge in [0.15, 0.2) is 0 Å². The smallest absolute Gasteiger partial charge is 0.338 e. The topological polar surface area (TPSA) is 37.3 Å². The third-order valence-corrected chi connectivity index (χ3v) is 4.14. The highest BCUT2D eigenvalue weighted by Crippen LogP contribution is 2.34. The fourth-order valence-corrected chi connectivity index (χ4v) is 2.97. The van der Waals surface area contributed by atoms with Crippen molar-refractivity contribution in [2.24, 2.45) is 0 Å². The van der Waals surface area contributed by atoms with Crippen LogP contribution >= 0.6 is 39.3 Å². The van der Waals surface area contributed by atoms with Crippen LogP contribution in [-0.2, 0) is 0 Å². The number of benzene rings is 2. The van der Waals surface area contributed by atoms with Crippen molar-refractivity contribution >= 4 is 45.3 Å². The van der Waals surface area contributed by atoms with E-state index >= 15 is 0 Å². The van der Waals surface area contributed by atoms with Crippen LogP contribution in [0.3, 0.4) is 0 Å². The summed E-state index contributed by atoms with van der Waals surface area (Å²) < 4.78 is 0.983. The lowest BCUT2D eigenvalue weighted by atomic mass is 10.2. The first-order chi connectivity index (χ1) is 8.58.